The van der Waals surface area contributed by atoms with Crippen LogP contribution in [0.3, 0.4) is 0 Å². The first-order valence-corrected chi connectivity index (χ1v) is 7.19. The molecule has 23 heavy (non-hydrogen) atoms. The van der Waals surface area contributed by atoms with Crippen molar-refractivity contribution >= 4 is 5.91 Å². The molecule has 0 bridgehead atoms. The zero-order chi connectivity index (χ0) is 17.7. The summed E-state index contributed by atoms with van der Waals surface area (Å²) < 4.78 is 39.8. The number of ether oxygens (including phenoxy) is 1. The summed E-state index contributed by atoms with van der Waals surface area (Å²) >= 11 is 0. The molecule has 0 aliphatic carbocycles. The molecule has 0 saturated carbocycles. The number of hydrogen-bond acceptors (Lipinski definition) is 3. The minimum atomic E-state index is -4.46. The van der Waals surface area contributed by atoms with Crippen LogP contribution in [0.5, 0.6) is 0 Å². The Morgan fingerprint density at radius 1 is 1.22 bits per heavy atom. The monoisotopic (exact) mass is 333 g/mol. The van der Waals surface area contributed by atoms with Crippen LogP contribution in [0, 0.1) is 0 Å². The van der Waals surface area contributed by atoms with Gasteiger partial charge < -0.3 is 15.2 Å². The fourth-order valence-electron chi connectivity index (χ4n) is 1.84. The van der Waals surface area contributed by atoms with Crippen molar-refractivity contribution in [3.63, 3.8) is 0 Å². The maximum atomic E-state index is 11.9. The molecule has 0 radical (unpaired) electrons. The Balaban J connectivity index is 2.41. The van der Waals surface area contributed by atoms with E-state index in [4.69, 9.17) is 0 Å². The molecule has 7 heteroatoms. The number of rotatable bonds is 6. The van der Waals surface area contributed by atoms with Gasteiger partial charge in [0.2, 0.25) is 5.91 Å². The van der Waals surface area contributed by atoms with Crippen LogP contribution in [0.25, 0.3) is 0 Å². The molecule has 130 valence electrons. The third kappa shape index (κ3) is 7.47. The highest BCUT2D eigenvalue weighted by Gasteiger charge is 2.27. The summed E-state index contributed by atoms with van der Waals surface area (Å²) in [5.74, 6) is -0.709. The predicted octanol–water partition coefficient (Wildman–Crippen LogP) is 2.71. The van der Waals surface area contributed by atoms with Crippen LogP contribution in [0.4, 0.5) is 13.2 Å². The lowest BCUT2D eigenvalue weighted by Gasteiger charge is -2.20. The van der Waals surface area contributed by atoms with Crippen molar-refractivity contribution in [3.8, 4) is 0 Å². The molecule has 0 aromatic heterocycles. The van der Waals surface area contributed by atoms with Crippen LogP contribution in [-0.2, 0) is 14.9 Å². The normalized spacial score (nSPS) is 13.7. The van der Waals surface area contributed by atoms with E-state index in [1.165, 1.54) is 0 Å². The summed E-state index contributed by atoms with van der Waals surface area (Å²) in [5.41, 5.74) is 1.72. The van der Waals surface area contributed by atoms with Gasteiger partial charge in [0, 0.05) is 6.54 Å². The summed E-state index contributed by atoms with van der Waals surface area (Å²) in [5, 5.41) is 12.3. The van der Waals surface area contributed by atoms with E-state index in [9.17, 15) is 23.1 Å². The lowest BCUT2D eigenvalue weighted by molar-refractivity contribution is -0.175. The van der Waals surface area contributed by atoms with E-state index in [1.807, 2.05) is 12.1 Å². The molecule has 0 aliphatic rings. The summed E-state index contributed by atoms with van der Waals surface area (Å²) in [7, 11) is 0. The maximum Gasteiger partial charge on any atom is 0.411 e. The van der Waals surface area contributed by atoms with Crippen molar-refractivity contribution in [1.82, 2.24) is 5.32 Å². The van der Waals surface area contributed by atoms with E-state index < -0.39 is 31.4 Å². The van der Waals surface area contributed by atoms with E-state index in [-0.39, 0.29) is 12.0 Å². The number of alkyl halides is 3. The minimum absolute atomic E-state index is 0.00643. The molecule has 1 aromatic carbocycles. The molecule has 0 saturated heterocycles. The highest BCUT2D eigenvalue weighted by atomic mass is 19.4. The first-order valence-electron chi connectivity index (χ1n) is 7.19. The van der Waals surface area contributed by atoms with Gasteiger partial charge in [0.1, 0.15) is 13.2 Å². The van der Waals surface area contributed by atoms with Crippen LogP contribution in [-0.4, -0.2) is 36.9 Å². The second-order valence-corrected chi connectivity index (χ2v) is 6.30. The second kappa shape index (κ2) is 7.79. The van der Waals surface area contributed by atoms with Crippen LogP contribution >= 0.6 is 0 Å². The van der Waals surface area contributed by atoms with Gasteiger partial charge in [-0.1, -0.05) is 45.0 Å². The fraction of sp³-hybridized carbons (Fsp3) is 0.562. The molecular formula is C16H22F3NO3. The SMILES string of the molecule is CC(C)(C)c1ccc(C(O)CNC(=O)COCC(F)(F)F)cc1. The Hall–Kier alpha value is -1.60. The van der Waals surface area contributed by atoms with Gasteiger partial charge in [-0.3, -0.25) is 4.79 Å². The van der Waals surface area contributed by atoms with E-state index in [0.29, 0.717) is 5.56 Å². The first-order chi connectivity index (χ1) is 10.5. The summed E-state index contributed by atoms with van der Waals surface area (Å²) in [4.78, 5) is 11.3. The Morgan fingerprint density at radius 3 is 2.26 bits per heavy atom. The van der Waals surface area contributed by atoms with Crippen LogP contribution in [0.2, 0.25) is 0 Å². The molecule has 1 unspecified atom stereocenters. The van der Waals surface area contributed by atoms with E-state index in [2.05, 4.69) is 30.8 Å². The number of carbonyl (C=O) groups is 1. The average Bonchev–Trinajstić information content (AvgIpc) is 2.42. The molecular weight excluding hydrogens is 311 g/mol. The van der Waals surface area contributed by atoms with Gasteiger partial charge in [0.15, 0.2) is 0 Å². The molecule has 4 nitrogen and oxygen atoms in total. The van der Waals surface area contributed by atoms with Crippen molar-refractivity contribution in [1.29, 1.82) is 0 Å². The van der Waals surface area contributed by atoms with Crippen LogP contribution in [0.1, 0.15) is 38.0 Å². The number of nitrogens with one attached hydrogen (secondary N) is 1. The quantitative estimate of drug-likeness (QED) is 0.841. The predicted molar refractivity (Wildman–Crippen MR) is 80.0 cm³/mol. The third-order valence-electron chi connectivity index (χ3n) is 3.15. The number of carbonyl (C=O) groups excluding carboxylic acids is 1. The molecule has 0 aliphatic heterocycles. The summed E-state index contributed by atoms with van der Waals surface area (Å²) in [6.45, 7) is 3.94. The van der Waals surface area contributed by atoms with Crippen LogP contribution in [0.15, 0.2) is 24.3 Å². The standard InChI is InChI=1S/C16H22F3NO3/c1-15(2,3)12-6-4-11(5-7-12)13(21)8-20-14(22)9-23-10-16(17,18)19/h4-7,13,21H,8-10H2,1-3H3,(H,20,22). The number of benzene rings is 1. The van der Waals surface area contributed by atoms with Gasteiger partial charge in [-0.15, -0.1) is 0 Å². The number of halogens is 3. The number of aliphatic hydroxyl groups is 1. The zero-order valence-corrected chi connectivity index (χ0v) is 13.4. The maximum absolute atomic E-state index is 11.9. The highest BCUT2D eigenvalue weighted by Crippen LogP contribution is 2.23. The molecule has 1 amide bonds. The van der Waals surface area contributed by atoms with Gasteiger partial charge in [-0.05, 0) is 16.5 Å². The smallest absolute Gasteiger partial charge is 0.387 e. The van der Waals surface area contributed by atoms with Crippen LogP contribution < -0.4 is 5.32 Å². The molecule has 0 fully saturated rings. The zero-order valence-electron chi connectivity index (χ0n) is 13.4. The molecule has 0 spiro atoms. The molecule has 2 N–H and O–H groups in total. The Bertz CT molecular complexity index is 507. The third-order valence-corrected chi connectivity index (χ3v) is 3.15. The Kier molecular flexibility index (Phi) is 6.58. The number of amides is 1. The van der Waals surface area contributed by atoms with Gasteiger partial charge in [-0.25, -0.2) is 0 Å². The second-order valence-electron chi connectivity index (χ2n) is 6.30. The van der Waals surface area contributed by atoms with Crippen molar-refractivity contribution in [2.24, 2.45) is 0 Å². The number of hydrogen-bond donors (Lipinski definition) is 2. The number of aliphatic hydroxyl groups excluding tert-OH is 1. The summed E-state index contributed by atoms with van der Waals surface area (Å²) in [6, 6.07) is 7.31. The van der Waals surface area contributed by atoms with Crippen molar-refractivity contribution in [2.75, 3.05) is 19.8 Å². The Morgan fingerprint density at radius 2 is 1.78 bits per heavy atom. The van der Waals surface area contributed by atoms with Crippen molar-refractivity contribution < 1.29 is 27.8 Å². The molecule has 0 heterocycles. The average molecular weight is 333 g/mol. The lowest BCUT2D eigenvalue weighted by atomic mass is 9.86. The minimum Gasteiger partial charge on any atom is -0.387 e. The topological polar surface area (TPSA) is 58.6 Å². The van der Waals surface area contributed by atoms with Gasteiger partial charge in [0.05, 0.1) is 6.10 Å². The summed E-state index contributed by atoms with van der Waals surface area (Å²) in [6.07, 6.45) is -5.40. The van der Waals surface area contributed by atoms with E-state index >= 15 is 0 Å². The molecule has 1 rings (SSSR count). The first kappa shape index (κ1) is 19.4. The highest BCUT2D eigenvalue weighted by molar-refractivity contribution is 5.77. The van der Waals surface area contributed by atoms with Gasteiger partial charge >= 0.3 is 6.18 Å². The van der Waals surface area contributed by atoms with Crippen molar-refractivity contribution in [2.45, 2.75) is 38.5 Å². The Labute approximate surface area is 133 Å². The van der Waals surface area contributed by atoms with E-state index in [0.717, 1.165) is 5.56 Å². The van der Waals surface area contributed by atoms with Gasteiger partial charge in [0.25, 0.3) is 0 Å². The van der Waals surface area contributed by atoms with Crippen molar-refractivity contribution in [3.05, 3.63) is 35.4 Å². The molecule has 1 atom stereocenters. The molecule has 1 aromatic rings. The van der Waals surface area contributed by atoms with E-state index in [1.54, 1.807) is 12.1 Å². The fourth-order valence-corrected chi connectivity index (χ4v) is 1.84. The lowest BCUT2D eigenvalue weighted by Crippen LogP contribution is -2.32. The van der Waals surface area contributed by atoms with Gasteiger partial charge in [-0.2, -0.15) is 13.2 Å². The largest absolute Gasteiger partial charge is 0.411 e.